The quantitative estimate of drug-likeness (QED) is 0.566. The molecule has 0 aliphatic rings. The van der Waals surface area contributed by atoms with Crippen LogP contribution in [-0.4, -0.2) is 33.5 Å². The van der Waals surface area contributed by atoms with Gasteiger partial charge in [0.25, 0.3) is 5.88 Å². The Morgan fingerprint density at radius 2 is 2.05 bits per heavy atom. The van der Waals surface area contributed by atoms with Crippen molar-refractivity contribution in [1.82, 2.24) is 9.97 Å². The third-order valence-corrected chi connectivity index (χ3v) is 2.25. The lowest BCUT2D eigenvalue weighted by Gasteiger charge is -2.04. The number of phenols is 2. The normalized spacial score (nSPS) is 10.6. The Morgan fingerprint density at radius 1 is 1.26 bits per heavy atom. The maximum Gasteiger partial charge on any atom is 0.258 e. The van der Waals surface area contributed by atoms with Gasteiger partial charge in [-0.05, 0) is 12.1 Å². The number of phenolic OH excluding ortho intramolecular Hbond substituents is 2. The highest BCUT2D eigenvalue weighted by Crippen LogP contribution is 2.21. The molecule has 0 radical (unpaired) electrons. The van der Waals surface area contributed by atoms with Crippen molar-refractivity contribution in [2.45, 2.75) is 0 Å². The molecule has 98 valence electrons. The van der Waals surface area contributed by atoms with Gasteiger partial charge in [-0.25, -0.2) is 9.97 Å². The molecule has 2 aromatic rings. The highest BCUT2D eigenvalue weighted by atomic mass is 16.5. The van der Waals surface area contributed by atoms with Gasteiger partial charge < -0.3 is 14.9 Å². The number of aromatic nitrogens is 2. The van der Waals surface area contributed by atoms with Gasteiger partial charge in [0.15, 0.2) is 0 Å². The van der Waals surface area contributed by atoms with Crippen molar-refractivity contribution < 1.29 is 14.9 Å². The smallest absolute Gasteiger partial charge is 0.258 e. The van der Waals surface area contributed by atoms with Gasteiger partial charge in [0.2, 0.25) is 5.82 Å². The Bertz CT molecular complexity index is 601. The minimum Gasteiger partial charge on any atom is -0.508 e. The Kier molecular flexibility index (Phi) is 3.77. The molecule has 0 aliphatic carbocycles. The number of rotatable bonds is 4. The first kappa shape index (κ1) is 12.6. The van der Waals surface area contributed by atoms with Crippen LogP contribution in [-0.2, 0) is 0 Å². The summed E-state index contributed by atoms with van der Waals surface area (Å²) in [6.07, 6.45) is 4.39. The molecule has 0 unspecified atom stereocenters. The van der Waals surface area contributed by atoms with Gasteiger partial charge >= 0.3 is 0 Å². The Hall–Kier alpha value is -2.83. The van der Waals surface area contributed by atoms with Gasteiger partial charge in [0, 0.05) is 24.0 Å². The predicted octanol–water partition coefficient (Wildman–Crippen LogP) is 1.34. The fourth-order valence-electron chi connectivity index (χ4n) is 1.36. The topological polar surface area (TPSA) is 99.9 Å². The first-order valence-corrected chi connectivity index (χ1v) is 5.37. The second-order valence-corrected chi connectivity index (χ2v) is 3.53. The molecular weight excluding hydrogens is 248 g/mol. The average Bonchev–Trinajstić information content (AvgIpc) is 2.42. The number of hydrogen-bond donors (Lipinski definition) is 3. The number of nitrogens with one attached hydrogen (secondary N) is 1. The van der Waals surface area contributed by atoms with Gasteiger partial charge in [-0.2, -0.15) is 5.10 Å². The lowest BCUT2D eigenvalue weighted by atomic mass is 10.2. The summed E-state index contributed by atoms with van der Waals surface area (Å²) in [5, 5.41) is 22.6. The molecular formula is C12H12N4O3. The third kappa shape index (κ3) is 3.09. The van der Waals surface area contributed by atoms with Gasteiger partial charge in [-0.1, -0.05) is 0 Å². The summed E-state index contributed by atoms with van der Waals surface area (Å²) in [5.74, 6) is 0.587. The number of benzene rings is 1. The molecule has 7 nitrogen and oxygen atoms in total. The predicted molar refractivity (Wildman–Crippen MR) is 69.6 cm³/mol. The Labute approximate surface area is 109 Å². The molecule has 7 heteroatoms. The number of aromatic hydroxyl groups is 2. The minimum atomic E-state index is -0.0725. The fraction of sp³-hybridized carbons (Fsp3) is 0.0833. The van der Waals surface area contributed by atoms with Gasteiger partial charge in [0.05, 0.1) is 13.3 Å². The standard InChI is InChI=1S/C12H12N4O3/c1-19-12-11(13-4-5-14-12)16-15-7-8-2-3-9(17)6-10(8)18/h2-7,17-18H,1H3,(H,13,16). The van der Waals surface area contributed by atoms with Crippen molar-refractivity contribution in [3.05, 3.63) is 36.2 Å². The van der Waals surface area contributed by atoms with Crippen molar-refractivity contribution in [3.8, 4) is 17.4 Å². The highest BCUT2D eigenvalue weighted by molar-refractivity contribution is 5.84. The first-order valence-electron chi connectivity index (χ1n) is 5.37. The molecule has 3 N–H and O–H groups in total. The summed E-state index contributed by atoms with van der Waals surface area (Å²) in [5.41, 5.74) is 3.10. The van der Waals surface area contributed by atoms with Crippen LogP contribution in [0.25, 0.3) is 0 Å². The van der Waals surface area contributed by atoms with Crippen molar-refractivity contribution in [1.29, 1.82) is 0 Å². The molecule has 1 aromatic carbocycles. The van der Waals surface area contributed by atoms with E-state index >= 15 is 0 Å². The second kappa shape index (κ2) is 5.67. The first-order chi connectivity index (χ1) is 9.20. The number of hydrogen-bond acceptors (Lipinski definition) is 7. The van der Waals surface area contributed by atoms with Gasteiger partial charge in [0.1, 0.15) is 11.5 Å². The number of methoxy groups -OCH3 is 1. The van der Waals surface area contributed by atoms with Crippen LogP contribution in [0.15, 0.2) is 35.7 Å². The Morgan fingerprint density at radius 3 is 2.79 bits per heavy atom. The molecule has 0 aliphatic heterocycles. The zero-order valence-corrected chi connectivity index (χ0v) is 10.1. The van der Waals surface area contributed by atoms with Crippen molar-refractivity contribution in [2.24, 2.45) is 5.10 Å². The van der Waals surface area contributed by atoms with E-state index in [1.54, 1.807) is 0 Å². The van der Waals surface area contributed by atoms with E-state index in [0.717, 1.165) is 0 Å². The maximum absolute atomic E-state index is 9.56. The van der Waals surface area contributed by atoms with Crippen LogP contribution in [0.1, 0.15) is 5.56 Å². The highest BCUT2D eigenvalue weighted by Gasteiger charge is 2.03. The summed E-state index contributed by atoms with van der Waals surface area (Å²) in [7, 11) is 1.48. The number of anilines is 1. The Balaban J connectivity index is 2.11. The molecule has 0 atom stereocenters. The van der Waals surface area contributed by atoms with Crippen LogP contribution in [0.3, 0.4) is 0 Å². The van der Waals surface area contributed by atoms with Gasteiger partial charge in [-0.15, -0.1) is 0 Å². The zero-order valence-electron chi connectivity index (χ0n) is 10.1. The zero-order chi connectivity index (χ0) is 13.7. The van der Waals surface area contributed by atoms with Crippen LogP contribution < -0.4 is 10.2 Å². The molecule has 0 amide bonds. The lowest BCUT2D eigenvalue weighted by molar-refractivity contribution is 0.398. The molecule has 2 rings (SSSR count). The van der Waals surface area contributed by atoms with Crippen molar-refractivity contribution >= 4 is 12.0 Å². The van der Waals surface area contributed by atoms with E-state index in [0.29, 0.717) is 17.3 Å². The van der Waals surface area contributed by atoms with E-state index in [1.807, 2.05) is 0 Å². The molecule has 0 saturated heterocycles. The van der Waals surface area contributed by atoms with E-state index in [2.05, 4.69) is 20.5 Å². The van der Waals surface area contributed by atoms with Crippen LogP contribution in [0, 0.1) is 0 Å². The summed E-state index contributed by atoms with van der Waals surface area (Å²) in [4.78, 5) is 7.95. The summed E-state index contributed by atoms with van der Waals surface area (Å²) in [6.45, 7) is 0. The minimum absolute atomic E-state index is 0.0156. The van der Waals surface area contributed by atoms with Gasteiger partial charge in [-0.3, -0.25) is 5.43 Å². The van der Waals surface area contributed by atoms with E-state index in [-0.39, 0.29) is 11.5 Å². The van der Waals surface area contributed by atoms with Crippen LogP contribution in [0.2, 0.25) is 0 Å². The summed E-state index contributed by atoms with van der Waals surface area (Å²) in [6, 6.07) is 4.21. The van der Waals surface area contributed by atoms with E-state index < -0.39 is 0 Å². The number of hydrazone groups is 1. The lowest BCUT2D eigenvalue weighted by Crippen LogP contribution is -1.98. The monoisotopic (exact) mass is 260 g/mol. The third-order valence-electron chi connectivity index (χ3n) is 2.25. The van der Waals surface area contributed by atoms with Crippen molar-refractivity contribution in [3.63, 3.8) is 0 Å². The van der Waals surface area contributed by atoms with Crippen molar-refractivity contribution in [2.75, 3.05) is 12.5 Å². The SMILES string of the molecule is COc1nccnc1NN=Cc1ccc(O)cc1O. The van der Waals surface area contributed by atoms with Crippen LogP contribution in [0.5, 0.6) is 17.4 Å². The van der Waals surface area contributed by atoms with Crippen LogP contribution >= 0.6 is 0 Å². The molecule has 0 fully saturated rings. The molecule has 1 aromatic heterocycles. The molecule has 0 spiro atoms. The molecule has 1 heterocycles. The van der Waals surface area contributed by atoms with E-state index in [9.17, 15) is 5.11 Å². The molecule has 0 saturated carbocycles. The number of nitrogens with zero attached hydrogens (tertiary/aromatic N) is 3. The summed E-state index contributed by atoms with van der Waals surface area (Å²) >= 11 is 0. The molecule has 0 bridgehead atoms. The molecule has 19 heavy (non-hydrogen) atoms. The van der Waals surface area contributed by atoms with E-state index in [1.165, 1.54) is 43.9 Å². The van der Waals surface area contributed by atoms with E-state index in [4.69, 9.17) is 9.84 Å². The fourth-order valence-corrected chi connectivity index (χ4v) is 1.36. The largest absolute Gasteiger partial charge is 0.508 e. The average molecular weight is 260 g/mol. The summed E-state index contributed by atoms with van der Waals surface area (Å²) < 4.78 is 5.00. The van der Waals surface area contributed by atoms with Crippen LogP contribution in [0.4, 0.5) is 5.82 Å². The second-order valence-electron chi connectivity index (χ2n) is 3.53. The number of ether oxygens (including phenoxy) is 1. The maximum atomic E-state index is 9.56.